The Labute approximate surface area is 188 Å². The molecular formula is C24H22O9. The van der Waals surface area contributed by atoms with Gasteiger partial charge in [-0.1, -0.05) is 30.3 Å². The van der Waals surface area contributed by atoms with E-state index in [0.29, 0.717) is 5.56 Å². The van der Waals surface area contributed by atoms with Crippen molar-refractivity contribution in [3.05, 3.63) is 63.2 Å². The highest BCUT2D eigenvalue weighted by Crippen LogP contribution is 2.50. The first-order chi connectivity index (χ1) is 15.9. The van der Waals surface area contributed by atoms with Crippen LogP contribution in [0.4, 0.5) is 0 Å². The van der Waals surface area contributed by atoms with Gasteiger partial charge in [-0.25, -0.2) is 0 Å². The number of carbonyl (C=O) groups excluding carboxylic acids is 1. The van der Waals surface area contributed by atoms with E-state index in [0.717, 1.165) is 0 Å². The molecule has 2 aromatic carbocycles. The van der Waals surface area contributed by atoms with Gasteiger partial charge in [0.25, 0.3) is 0 Å². The molecule has 33 heavy (non-hydrogen) atoms. The van der Waals surface area contributed by atoms with Crippen LogP contribution < -0.4 is 14.9 Å². The largest absolute Gasteiger partial charge is 0.504 e. The smallest absolute Gasteiger partial charge is 0.211 e. The van der Waals surface area contributed by atoms with Gasteiger partial charge in [-0.05, 0) is 5.56 Å². The molecule has 4 rings (SSSR count). The topological polar surface area (TPSA) is 125 Å². The van der Waals surface area contributed by atoms with Crippen LogP contribution in [0.15, 0.2) is 45.3 Å². The Hall–Kier alpha value is -4.14. The van der Waals surface area contributed by atoms with Crippen LogP contribution in [0, 0.1) is 0 Å². The van der Waals surface area contributed by atoms with Crippen LogP contribution >= 0.6 is 0 Å². The van der Waals surface area contributed by atoms with Gasteiger partial charge in [-0.2, -0.15) is 0 Å². The Morgan fingerprint density at radius 3 is 2.03 bits per heavy atom. The third kappa shape index (κ3) is 3.24. The van der Waals surface area contributed by atoms with Crippen LogP contribution in [0.2, 0.25) is 0 Å². The number of carbonyl (C=O) groups is 1. The summed E-state index contributed by atoms with van der Waals surface area (Å²) >= 11 is 0. The second-order valence-corrected chi connectivity index (χ2v) is 7.30. The molecule has 1 atom stereocenters. The third-order valence-electron chi connectivity index (χ3n) is 5.66. The van der Waals surface area contributed by atoms with E-state index in [1.165, 1.54) is 28.4 Å². The van der Waals surface area contributed by atoms with Gasteiger partial charge < -0.3 is 33.6 Å². The van der Waals surface area contributed by atoms with Gasteiger partial charge in [0.1, 0.15) is 5.39 Å². The number of hydrogen-bond acceptors (Lipinski definition) is 9. The molecule has 0 aliphatic heterocycles. The predicted octanol–water partition coefficient (Wildman–Crippen LogP) is 3.29. The lowest BCUT2D eigenvalue weighted by atomic mass is 9.86. The molecule has 9 nitrogen and oxygen atoms in total. The minimum Gasteiger partial charge on any atom is -0.504 e. The molecule has 0 fully saturated rings. The van der Waals surface area contributed by atoms with Crippen molar-refractivity contribution in [1.82, 2.24) is 0 Å². The number of fused-ring (bicyclic) bond motifs is 2. The first-order valence-electron chi connectivity index (χ1n) is 9.96. The molecule has 0 saturated carbocycles. The maximum Gasteiger partial charge on any atom is 0.211 e. The fourth-order valence-electron chi connectivity index (χ4n) is 4.20. The number of methoxy groups -OCH3 is 4. The average Bonchev–Trinajstić information content (AvgIpc) is 2.95. The Bertz CT molecular complexity index is 1340. The molecule has 9 heteroatoms. The number of aromatic hydroxyl groups is 2. The molecule has 0 saturated heterocycles. The zero-order chi connectivity index (χ0) is 23.9. The Balaban J connectivity index is 2.22. The summed E-state index contributed by atoms with van der Waals surface area (Å²) in [7, 11) is 5.14. The van der Waals surface area contributed by atoms with E-state index >= 15 is 0 Å². The van der Waals surface area contributed by atoms with Crippen molar-refractivity contribution in [3.63, 3.8) is 0 Å². The van der Waals surface area contributed by atoms with Crippen LogP contribution in [0.5, 0.6) is 23.0 Å². The van der Waals surface area contributed by atoms with Gasteiger partial charge in [0.2, 0.25) is 40.0 Å². The summed E-state index contributed by atoms with van der Waals surface area (Å²) in [4.78, 5) is 26.9. The zero-order valence-corrected chi connectivity index (χ0v) is 18.4. The maximum atomic E-state index is 13.9. The van der Waals surface area contributed by atoms with Gasteiger partial charge in [-0.15, -0.1) is 0 Å². The minimum absolute atomic E-state index is 0.0767. The monoisotopic (exact) mass is 454 g/mol. The number of ether oxygens (including phenoxy) is 4. The second-order valence-electron chi connectivity index (χ2n) is 7.30. The number of allylic oxidation sites excluding steroid dienone is 1. The van der Waals surface area contributed by atoms with Crippen LogP contribution in [0.25, 0.3) is 16.7 Å². The van der Waals surface area contributed by atoms with E-state index in [-0.39, 0.29) is 51.7 Å². The summed E-state index contributed by atoms with van der Waals surface area (Å²) in [5.74, 6) is -3.00. The predicted molar refractivity (Wildman–Crippen MR) is 118 cm³/mol. The molecule has 0 unspecified atom stereocenters. The van der Waals surface area contributed by atoms with Crippen LogP contribution in [-0.4, -0.2) is 44.4 Å². The lowest BCUT2D eigenvalue weighted by Crippen LogP contribution is -2.19. The molecule has 1 aromatic heterocycles. The summed E-state index contributed by atoms with van der Waals surface area (Å²) in [6.07, 6.45) is -0.108. The van der Waals surface area contributed by atoms with Gasteiger partial charge in [-0.3, -0.25) is 9.59 Å². The van der Waals surface area contributed by atoms with E-state index in [1.807, 2.05) is 6.07 Å². The van der Waals surface area contributed by atoms with Gasteiger partial charge in [0.05, 0.1) is 34.0 Å². The molecule has 0 amide bonds. The van der Waals surface area contributed by atoms with E-state index < -0.39 is 28.6 Å². The van der Waals surface area contributed by atoms with E-state index in [4.69, 9.17) is 23.4 Å². The van der Waals surface area contributed by atoms with Crippen molar-refractivity contribution in [1.29, 1.82) is 0 Å². The number of hydrogen-bond donors (Lipinski definition) is 2. The fourth-order valence-corrected chi connectivity index (χ4v) is 4.20. The minimum atomic E-state index is -0.734. The number of phenolic OH excluding ortho intramolecular Hbond substituents is 2. The molecule has 1 heterocycles. The van der Waals surface area contributed by atoms with Crippen molar-refractivity contribution in [2.75, 3.05) is 28.4 Å². The molecule has 0 radical (unpaired) electrons. The van der Waals surface area contributed by atoms with Crippen LogP contribution in [0.1, 0.15) is 29.2 Å². The second kappa shape index (κ2) is 8.42. The van der Waals surface area contributed by atoms with Crippen LogP contribution in [-0.2, 0) is 14.3 Å². The normalized spacial score (nSPS) is 15.8. The van der Waals surface area contributed by atoms with Gasteiger partial charge >= 0.3 is 0 Å². The SMILES string of the molecule is COC1=C(OC)c2oc3c(O)c(OC)c(OC)c(O)c3c(=O)c2[C@@H](c2ccccc2)CC1=O. The van der Waals surface area contributed by atoms with Crippen molar-refractivity contribution in [3.8, 4) is 23.0 Å². The number of ketones is 1. The standard InChI is InChI=1S/C24H22O9/c1-29-19-13(25)10-12(11-8-6-5-7-9-11)14-16(26)15-17(27)22(30-2)23(31-3)18(28)20(15)33-21(14)24(19)32-4/h5-9,12,27-28H,10H2,1-4H3/t12-/m1/s1. The van der Waals surface area contributed by atoms with E-state index in [2.05, 4.69) is 0 Å². The molecule has 3 aromatic rings. The van der Waals surface area contributed by atoms with Crippen molar-refractivity contribution < 1.29 is 38.4 Å². The highest BCUT2D eigenvalue weighted by molar-refractivity contribution is 6.02. The summed E-state index contributed by atoms with van der Waals surface area (Å²) in [6, 6.07) is 8.94. The van der Waals surface area contributed by atoms with E-state index in [1.54, 1.807) is 24.3 Å². The van der Waals surface area contributed by atoms with Crippen molar-refractivity contribution >= 4 is 22.5 Å². The molecule has 172 valence electrons. The summed E-state index contributed by atoms with van der Waals surface area (Å²) < 4.78 is 27.0. The third-order valence-corrected chi connectivity index (χ3v) is 5.66. The Morgan fingerprint density at radius 1 is 0.848 bits per heavy atom. The van der Waals surface area contributed by atoms with Crippen molar-refractivity contribution in [2.45, 2.75) is 12.3 Å². The van der Waals surface area contributed by atoms with Crippen molar-refractivity contribution in [2.24, 2.45) is 0 Å². The molecule has 1 aliphatic rings. The van der Waals surface area contributed by atoms with Gasteiger partial charge in [0.15, 0.2) is 17.1 Å². The highest BCUT2D eigenvalue weighted by Gasteiger charge is 2.38. The lowest BCUT2D eigenvalue weighted by Gasteiger charge is -2.19. The zero-order valence-electron chi connectivity index (χ0n) is 18.4. The molecule has 1 aliphatic carbocycles. The summed E-state index contributed by atoms with van der Waals surface area (Å²) in [5, 5.41) is 21.3. The van der Waals surface area contributed by atoms with Gasteiger partial charge in [0, 0.05) is 12.3 Å². The average molecular weight is 454 g/mol. The molecular weight excluding hydrogens is 432 g/mol. The van der Waals surface area contributed by atoms with E-state index in [9.17, 15) is 19.8 Å². The summed E-state index contributed by atoms with van der Waals surface area (Å²) in [6.45, 7) is 0. The molecule has 0 bridgehead atoms. The maximum absolute atomic E-state index is 13.9. The highest BCUT2D eigenvalue weighted by atomic mass is 16.5. The number of phenols is 2. The van der Waals surface area contributed by atoms with Crippen LogP contribution in [0.3, 0.4) is 0 Å². The molecule has 2 N–H and O–H groups in total. The number of benzene rings is 2. The lowest BCUT2D eigenvalue weighted by molar-refractivity contribution is -0.118. The Kier molecular flexibility index (Phi) is 5.63. The summed E-state index contributed by atoms with van der Waals surface area (Å²) in [5.41, 5.74) is -0.253. The first kappa shape index (κ1) is 22.1. The number of Topliss-reactive ketones (excluding diaryl/α,β-unsaturated/α-hetero) is 1. The first-order valence-corrected chi connectivity index (χ1v) is 9.96. The fraction of sp³-hybridized carbons (Fsp3) is 0.250. The number of rotatable bonds is 5. The quantitative estimate of drug-likeness (QED) is 0.559. The molecule has 0 spiro atoms. The Morgan fingerprint density at radius 2 is 1.45 bits per heavy atom.